The number of nitrogens with one attached hydrogen (secondary N) is 1. The van der Waals surface area contributed by atoms with Crippen LogP contribution in [-0.4, -0.2) is 48.7 Å². The van der Waals surface area contributed by atoms with Crippen molar-refractivity contribution >= 4 is 35.5 Å². The fraction of sp³-hybridized carbons (Fsp3) is 0.448. The summed E-state index contributed by atoms with van der Waals surface area (Å²) in [4.78, 5) is 13.7. The molecule has 2 aromatic carbocycles. The maximum absolute atomic E-state index is 13.7. The van der Waals surface area contributed by atoms with Gasteiger partial charge in [0.2, 0.25) is 5.91 Å². The Morgan fingerprint density at radius 3 is 2.36 bits per heavy atom. The summed E-state index contributed by atoms with van der Waals surface area (Å²) in [7, 11) is 3.76. The number of amides is 1. The van der Waals surface area contributed by atoms with Gasteiger partial charge in [-0.05, 0) is 54.2 Å². The monoisotopic (exact) mass is 533 g/mol. The van der Waals surface area contributed by atoms with Crippen LogP contribution in [0.2, 0.25) is 10.0 Å². The van der Waals surface area contributed by atoms with E-state index in [4.69, 9.17) is 27.9 Å². The van der Waals surface area contributed by atoms with Crippen LogP contribution < -0.4 is 5.32 Å². The Hall–Kier alpha value is -2.34. The highest BCUT2D eigenvalue weighted by Crippen LogP contribution is 2.43. The van der Waals surface area contributed by atoms with E-state index in [1.165, 1.54) is 0 Å². The van der Waals surface area contributed by atoms with E-state index in [9.17, 15) is 9.90 Å². The number of benzene rings is 2. The Labute approximate surface area is 225 Å². The number of aliphatic hydroxyl groups is 1. The molecular weight excluding hydrogens is 495 g/mol. The Morgan fingerprint density at radius 1 is 1.14 bits per heavy atom. The second-order valence-electron chi connectivity index (χ2n) is 10.1. The number of hydrogen-bond acceptors (Lipinski definition) is 3. The van der Waals surface area contributed by atoms with Crippen molar-refractivity contribution in [2.75, 3.05) is 20.7 Å². The first-order valence-electron chi connectivity index (χ1n) is 12.2. The van der Waals surface area contributed by atoms with E-state index < -0.39 is 17.4 Å². The molecule has 2 rings (SSSR count). The van der Waals surface area contributed by atoms with Crippen molar-refractivity contribution in [2.24, 2.45) is 11.3 Å². The summed E-state index contributed by atoms with van der Waals surface area (Å²) in [6.45, 7) is 10.3. The molecule has 7 heteroatoms. The van der Waals surface area contributed by atoms with Crippen LogP contribution in [0.25, 0.3) is 0 Å². The maximum atomic E-state index is 13.7. The topological polar surface area (TPSA) is 61.6 Å². The Balaban J connectivity index is 2.39. The fourth-order valence-corrected chi connectivity index (χ4v) is 4.48. The highest BCUT2D eigenvalue weighted by Gasteiger charge is 2.39. The summed E-state index contributed by atoms with van der Waals surface area (Å²) >= 11 is 12.4. The second kappa shape index (κ2) is 13.8. The van der Waals surface area contributed by atoms with Crippen molar-refractivity contribution in [1.82, 2.24) is 5.32 Å². The zero-order chi connectivity index (χ0) is 26.9. The minimum absolute atomic E-state index is 0.107. The lowest BCUT2D eigenvalue weighted by molar-refractivity contribution is -0.468. The van der Waals surface area contributed by atoms with Gasteiger partial charge in [0.15, 0.2) is 0 Å². The quantitative estimate of drug-likeness (QED) is 0.138. The third-order valence-electron chi connectivity index (χ3n) is 6.37. The maximum Gasteiger partial charge on any atom is 0.323 e. The molecule has 0 bridgehead atoms. The van der Waals surface area contributed by atoms with Gasteiger partial charge in [0, 0.05) is 16.0 Å². The predicted octanol–water partition coefficient (Wildman–Crippen LogP) is 6.24. The van der Waals surface area contributed by atoms with Crippen LogP contribution >= 0.6 is 23.2 Å². The zero-order valence-electron chi connectivity index (χ0n) is 21.9. The molecule has 1 amide bonds. The first-order chi connectivity index (χ1) is 17.0. The Morgan fingerprint density at radius 2 is 1.81 bits per heavy atom. The summed E-state index contributed by atoms with van der Waals surface area (Å²) in [6.07, 6.45) is 3.34. The third-order valence-corrected chi connectivity index (χ3v) is 6.85. The van der Waals surface area contributed by atoms with Crippen molar-refractivity contribution in [3.8, 4) is 0 Å². The van der Waals surface area contributed by atoms with E-state index in [1.807, 2.05) is 69.8 Å². The van der Waals surface area contributed by atoms with Crippen LogP contribution in [0.15, 0.2) is 61.2 Å². The Kier molecular flexibility index (Phi) is 11.5. The molecule has 0 saturated carbocycles. The summed E-state index contributed by atoms with van der Waals surface area (Å²) in [6, 6.07) is 14.4. The van der Waals surface area contributed by atoms with Crippen LogP contribution in [0.5, 0.6) is 0 Å². The van der Waals surface area contributed by atoms with Crippen LogP contribution in [0.1, 0.15) is 56.8 Å². The molecule has 4 atom stereocenters. The molecule has 0 aliphatic heterocycles. The number of aliphatic hydroxyl groups excluding tert-OH is 1. The molecule has 0 aliphatic carbocycles. The summed E-state index contributed by atoms with van der Waals surface area (Å²) in [5.74, 6) is -0.331. The highest BCUT2D eigenvalue weighted by atomic mass is 35.5. The number of carbonyl (C=O) groups excluding carboxylic acids is 1. The van der Waals surface area contributed by atoms with Gasteiger partial charge in [-0.2, -0.15) is 0 Å². The van der Waals surface area contributed by atoms with Gasteiger partial charge in [-0.25, -0.2) is 4.58 Å². The Bertz CT molecular complexity index is 1040. The van der Waals surface area contributed by atoms with Crippen LogP contribution in [0.3, 0.4) is 0 Å². The average Bonchev–Trinajstić information content (AvgIpc) is 2.81. The molecule has 0 heterocycles. The largest absolute Gasteiger partial charge is 0.448 e. The summed E-state index contributed by atoms with van der Waals surface area (Å²) in [5.41, 5.74) is 0.747. The molecule has 0 aromatic heterocycles. The van der Waals surface area contributed by atoms with Crippen molar-refractivity contribution < 1.29 is 19.2 Å². The predicted molar refractivity (Wildman–Crippen MR) is 149 cm³/mol. The van der Waals surface area contributed by atoms with E-state index in [2.05, 4.69) is 11.9 Å². The lowest BCUT2D eigenvalue weighted by Crippen LogP contribution is -2.48. The minimum atomic E-state index is -0.864. The van der Waals surface area contributed by atoms with E-state index in [1.54, 1.807) is 30.7 Å². The van der Waals surface area contributed by atoms with Crippen LogP contribution in [-0.2, 0) is 9.53 Å². The van der Waals surface area contributed by atoms with Crippen molar-refractivity contribution in [3.63, 3.8) is 0 Å². The van der Waals surface area contributed by atoms with Gasteiger partial charge in [0.25, 0.3) is 0 Å². The highest BCUT2D eigenvalue weighted by molar-refractivity contribution is 6.30. The molecule has 36 heavy (non-hydrogen) atoms. The number of allylic oxidation sites excluding steroid dienone is 1. The molecular formula is C29H39Cl2N2O3+. The smallest absolute Gasteiger partial charge is 0.323 e. The molecule has 0 spiro atoms. The molecule has 2 unspecified atom stereocenters. The first-order valence-corrected chi connectivity index (χ1v) is 12.9. The van der Waals surface area contributed by atoms with E-state index in [0.29, 0.717) is 29.5 Å². The van der Waals surface area contributed by atoms with Gasteiger partial charge >= 0.3 is 6.40 Å². The number of hydrogen-bond donors (Lipinski definition) is 2. The number of ether oxygens (including phenoxy) is 1. The van der Waals surface area contributed by atoms with Gasteiger partial charge in [-0.1, -0.05) is 74.3 Å². The lowest BCUT2D eigenvalue weighted by atomic mass is 9.72. The van der Waals surface area contributed by atoms with E-state index in [0.717, 1.165) is 11.1 Å². The fourth-order valence-electron chi connectivity index (χ4n) is 4.15. The first kappa shape index (κ1) is 29.9. The molecule has 0 fully saturated rings. The number of halogens is 2. The second-order valence-corrected chi connectivity index (χ2v) is 11.0. The third kappa shape index (κ3) is 8.65. The zero-order valence-corrected chi connectivity index (χ0v) is 23.4. The van der Waals surface area contributed by atoms with Crippen LogP contribution in [0, 0.1) is 11.3 Å². The number of rotatable bonds is 13. The molecule has 5 nitrogen and oxygen atoms in total. The SMILES string of the molecule is C=CCC(C)(C[C@@H](c1cccc(Cl)c1)C(O)c1ccc(Cl)cc1)C(=O)N[C@H](COC=[N+](C)C)C(C)C. The van der Waals surface area contributed by atoms with Crippen molar-refractivity contribution in [2.45, 2.75) is 51.7 Å². The van der Waals surface area contributed by atoms with Gasteiger partial charge in [0.05, 0.1) is 17.6 Å². The van der Waals surface area contributed by atoms with Gasteiger partial charge in [-0.15, -0.1) is 6.58 Å². The minimum Gasteiger partial charge on any atom is -0.448 e. The molecule has 2 N–H and O–H groups in total. The standard InChI is InChI=1S/C29H38Cl2N2O3/c1-7-15-29(4,28(35)32-26(20(2)3)18-36-19-33(5)6)17-25(22-9-8-10-24(31)16-22)27(34)21-11-13-23(30)14-12-21/h7-14,16,19-20,25-27,34H,1,15,17-18H2,2-6H3/p+1/t25-,26+,27?,29?/m0/s1. The number of carbonyl (C=O) groups is 1. The van der Waals surface area contributed by atoms with Gasteiger partial charge in [0.1, 0.15) is 20.7 Å². The van der Waals surface area contributed by atoms with Gasteiger partial charge in [-0.3, -0.25) is 4.79 Å². The van der Waals surface area contributed by atoms with Gasteiger partial charge < -0.3 is 15.2 Å². The molecule has 0 aliphatic rings. The van der Waals surface area contributed by atoms with Crippen molar-refractivity contribution in [1.29, 1.82) is 0 Å². The van der Waals surface area contributed by atoms with Crippen LogP contribution in [0.4, 0.5) is 0 Å². The normalized spacial score (nSPS) is 15.4. The summed E-state index contributed by atoms with van der Waals surface area (Å²) < 4.78 is 7.48. The summed E-state index contributed by atoms with van der Waals surface area (Å²) in [5, 5.41) is 15.9. The molecule has 0 saturated heterocycles. The van der Waals surface area contributed by atoms with E-state index >= 15 is 0 Å². The van der Waals surface area contributed by atoms with Crippen molar-refractivity contribution in [3.05, 3.63) is 82.4 Å². The lowest BCUT2D eigenvalue weighted by Gasteiger charge is -2.36. The number of nitrogens with zero attached hydrogens (tertiary/aromatic N) is 1. The molecule has 196 valence electrons. The van der Waals surface area contributed by atoms with E-state index in [-0.39, 0.29) is 17.9 Å². The molecule has 0 radical (unpaired) electrons. The molecule has 2 aromatic rings. The average molecular weight is 535 g/mol.